The van der Waals surface area contributed by atoms with E-state index in [1.54, 1.807) is 13.3 Å². The van der Waals surface area contributed by atoms with Gasteiger partial charge in [0.2, 0.25) is 0 Å². The topological polar surface area (TPSA) is 72.3 Å². The van der Waals surface area contributed by atoms with Gasteiger partial charge in [-0.2, -0.15) is 9.78 Å². The molecule has 0 saturated carbocycles. The van der Waals surface area contributed by atoms with E-state index in [1.165, 1.54) is 11.0 Å². The maximum atomic E-state index is 12.7. The monoisotopic (exact) mass is 396 g/mol. The molecule has 0 unspecified atom stereocenters. The molecule has 0 saturated heterocycles. The second-order valence-corrected chi connectivity index (χ2v) is 6.37. The van der Waals surface area contributed by atoms with E-state index in [4.69, 9.17) is 4.74 Å². The molecule has 4 aromatic rings. The molecule has 0 amide bonds. The predicted octanol–water partition coefficient (Wildman–Crippen LogP) is 3.53. The highest BCUT2D eigenvalue weighted by atomic mass is 79.9. The molecule has 2 aromatic carbocycles. The summed E-state index contributed by atoms with van der Waals surface area (Å²) in [4.78, 5) is 20.2. The Hall–Kier alpha value is -2.93. The van der Waals surface area contributed by atoms with E-state index in [0.717, 1.165) is 20.9 Å². The van der Waals surface area contributed by atoms with E-state index in [2.05, 4.69) is 31.0 Å². The lowest BCUT2D eigenvalue weighted by Crippen LogP contribution is -2.17. The van der Waals surface area contributed by atoms with E-state index in [9.17, 15) is 4.79 Å². The van der Waals surface area contributed by atoms with Crippen LogP contribution >= 0.6 is 15.9 Å². The van der Waals surface area contributed by atoms with Gasteiger partial charge in [0.25, 0.3) is 5.56 Å². The molecule has 7 heteroatoms. The van der Waals surface area contributed by atoms with E-state index < -0.39 is 0 Å². The summed E-state index contributed by atoms with van der Waals surface area (Å²) < 4.78 is 7.44. The first-order chi connectivity index (χ1) is 12.2. The van der Waals surface area contributed by atoms with Crippen LogP contribution in [0.4, 0.5) is 0 Å². The first-order valence-corrected chi connectivity index (χ1v) is 8.32. The summed E-state index contributed by atoms with van der Waals surface area (Å²) in [7, 11) is 1.60. The Morgan fingerprint density at radius 2 is 2.04 bits per heavy atom. The van der Waals surface area contributed by atoms with Crippen LogP contribution in [0.5, 0.6) is 5.75 Å². The number of hydrogen-bond donors (Lipinski definition) is 1. The van der Waals surface area contributed by atoms with Gasteiger partial charge in [0, 0.05) is 15.4 Å². The molecule has 0 atom stereocenters. The number of ether oxygens (including phenoxy) is 1. The van der Waals surface area contributed by atoms with Gasteiger partial charge in [-0.1, -0.05) is 28.1 Å². The van der Waals surface area contributed by atoms with Crippen molar-refractivity contribution in [3.8, 4) is 5.75 Å². The molecular weight excluding hydrogens is 384 g/mol. The van der Waals surface area contributed by atoms with Crippen LogP contribution in [0, 0.1) is 0 Å². The number of H-pyrrole nitrogens is 1. The third-order valence-corrected chi connectivity index (χ3v) is 4.43. The van der Waals surface area contributed by atoms with Crippen molar-refractivity contribution in [2.24, 2.45) is 5.10 Å². The van der Waals surface area contributed by atoms with Crippen molar-refractivity contribution in [2.75, 3.05) is 7.11 Å². The van der Waals surface area contributed by atoms with Crippen LogP contribution < -0.4 is 10.3 Å². The first-order valence-electron chi connectivity index (χ1n) is 7.53. The number of rotatable bonds is 3. The van der Waals surface area contributed by atoms with E-state index in [0.29, 0.717) is 16.8 Å². The molecule has 4 rings (SSSR count). The number of nitrogens with zero attached hydrogens (tertiary/aromatic N) is 3. The molecule has 0 aliphatic rings. The number of aromatic nitrogens is 3. The van der Waals surface area contributed by atoms with Crippen molar-refractivity contribution in [1.29, 1.82) is 0 Å². The summed E-state index contributed by atoms with van der Waals surface area (Å²) in [6.07, 6.45) is 3.04. The molecule has 0 radical (unpaired) electrons. The third-order valence-electron chi connectivity index (χ3n) is 3.90. The highest BCUT2D eigenvalue weighted by Gasteiger charge is 2.11. The Morgan fingerprint density at radius 1 is 1.24 bits per heavy atom. The zero-order valence-corrected chi connectivity index (χ0v) is 14.8. The molecule has 6 nitrogen and oxygen atoms in total. The largest absolute Gasteiger partial charge is 0.497 e. The van der Waals surface area contributed by atoms with Gasteiger partial charge in [-0.3, -0.25) is 4.79 Å². The average Bonchev–Trinajstić information content (AvgIpc) is 3.01. The normalized spacial score (nSPS) is 11.6. The predicted molar refractivity (Wildman–Crippen MR) is 102 cm³/mol. The quantitative estimate of drug-likeness (QED) is 0.538. The molecule has 2 aromatic heterocycles. The average molecular weight is 397 g/mol. The summed E-state index contributed by atoms with van der Waals surface area (Å²) in [6, 6.07) is 13.2. The Bertz CT molecular complexity index is 1160. The minimum atomic E-state index is -0.256. The summed E-state index contributed by atoms with van der Waals surface area (Å²) in [5.41, 5.74) is 2.48. The van der Waals surface area contributed by atoms with Gasteiger partial charge < -0.3 is 9.72 Å². The smallest absolute Gasteiger partial charge is 0.298 e. The molecule has 1 N–H and O–H groups in total. The molecule has 124 valence electrons. The van der Waals surface area contributed by atoms with Gasteiger partial charge >= 0.3 is 0 Å². The van der Waals surface area contributed by atoms with E-state index >= 15 is 0 Å². The molecule has 0 spiro atoms. The zero-order valence-electron chi connectivity index (χ0n) is 13.2. The van der Waals surface area contributed by atoms with Crippen LogP contribution in [-0.4, -0.2) is 28.0 Å². The highest BCUT2D eigenvalue weighted by molar-refractivity contribution is 9.10. The summed E-state index contributed by atoms with van der Waals surface area (Å²) >= 11 is 3.38. The summed E-state index contributed by atoms with van der Waals surface area (Å²) in [5.74, 6) is 0.715. The molecular formula is C18H13BrN4O2. The molecule has 0 aliphatic heterocycles. The lowest BCUT2D eigenvalue weighted by atomic mass is 10.2. The lowest BCUT2D eigenvalue weighted by molar-refractivity contribution is 0.415. The SMILES string of the molecule is COc1ccc2[nH]c3c(=O)n(N=Cc4ccc(Br)cc4)cnc3c2c1. The van der Waals surface area contributed by atoms with Crippen molar-refractivity contribution in [1.82, 2.24) is 14.6 Å². The summed E-state index contributed by atoms with van der Waals surface area (Å²) in [6.45, 7) is 0. The number of hydrogen-bond acceptors (Lipinski definition) is 4. The van der Waals surface area contributed by atoms with Crippen LogP contribution in [0.3, 0.4) is 0 Å². The maximum absolute atomic E-state index is 12.7. The van der Waals surface area contributed by atoms with E-state index in [-0.39, 0.29) is 5.56 Å². The Labute approximate surface area is 150 Å². The van der Waals surface area contributed by atoms with Crippen molar-refractivity contribution in [3.63, 3.8) is 0 Å². The highest BCUT2D eigenvalue weighted by Crippen LogP contribution is 2.25. The van der Waals surface area contributed by atoms with Gasteiger partial charge in [-0.15, -0.1) is 0 Å². The number of nitrogens with one attached hydrogen (secondary N) is 1. The Kier molecular flexibility index (Phi) is 3.85. The van der Waals surface area contributed by atoms with Gasteiger partial charge in [-0.05, 0) is 35.9 Å². The molecule has 0 bridgehead atoms. The minimum absolute atomic E-state index is 0.256. The van der Waals surface area contributed by atoms with Crippen LogP contribution in [-0.2, 0) is 0 Å². The zero-order chi connectivity index (χ0) is 17.4. The third kappa shape index (κ3) is 2.83. The number of aromatic amines is 1. The fourth-order valence-corrected chi connectivity index (χ4v) is 2.88. The standard InChI is InChI=1S/C18H13BrN4O2/c1-25-13-6-7-15-14(8-13)16-17(22-15)18(24)23(10-20-16)21-9-11-2-4-12(19)5-3-11/h2-10,22H,1H3. The number of halogens is 1. The maximum Gasteiger partial charge on any atom is 0.298 e. The van der Waals surface area contributed by atoms with Gasteiger partial charge in [0.05, 0.1) is 13.3 Å². The van der Waals surface area contributed by atoms with Crippen molar-refractivity contribution in [3.05, 3.63) is 69.2 Å². The van der Waals surface area contributed by atoms with Crippen molar-refractivity contribution in [2.45, 2.75) is 0 Å². The molecule has 0 fully saturated rings. The molecule has 25 heavy (non-hydrogen) atoms. The van der Waals surface area contributed by atoms with Crippen LogP contribution in [0.15, 0.2) is 63.2 Å². The Balaban J connectivity index is 1.81. The Morgan fingerprint density at radius 3 is 2.80 bits per heavy atom. The van der Waals surface area contributed by atoms with Gasteiger partial charge in [-0.25, -0.2) is 4.98 Å². The van der Waals surface area contributed by atoms with Gasteiger partial charge in [0.1, 0.15) is 23.1 Å². The van der Waals surface area contributed by atoms with E-state index in [1.807, 2.05) is 42.5 Å². The number of benzene rings is 2. The van der Waals surface area contributed by atoms with Crippen LogP contribution in [0.2, 0.25) is 0 Å². The van der Waals surface area contributed by atoms with Gasteiger partial charge in [0.15, 0.2) is 0 Å². The fraction of sp³-hybridized carbons (Fsp3) is 0.0556. The summed E-state index contributed by atoms with van der Waals surface area (Å²) in [5, 5.41) is 5.06. The second kappa shape index (κ2) is 6.18. The van der Waals surface area contributed by atoms with Crippen LogP contribution in [0.25, 0.3) is 21.9 Å². The lowest BCUT2D eigenvalue weighted by Gasteiger charge is -1.99. The number of fused-ring (bicyclic) bond motifs is 3. The van der Waals surface area contributed by atoms with Crippen molar-refractivity contribution >= 4 is 44.1 Å². The van der Waals surface area contributed by atoms with Crippen LogP contribution in [0.1, 0.15) is 5.56 Å². The second-order valence-electron chi connectivity index (χ2n) is 5.45. The fourth-order valence-electron chi connectivity index (χ4n) is 2.61. The molecule has 2 heterocycles. The molecule has 0 aliphatic carbocycles. The minimum Gasteiger partial charge on any atom is -0.497 e. The first kappa shape index (κ1) is 15.6. The number of methoxy groups -OCH3 is 1. The van der Waals surface area contributed by atoms with Crippen molar-refractivity contribution < 1.29 is 4.74 Å².